The second-order valence-electron chi connectivity index (χ2n) is 4.36. The standard InChI is InChI=1S/C12H21NO/c1-5-7-8-13-10-9-11(14-6-2)12(10,3)4/h10-11,13H,6,8-9H2,1-4H3. The van der Waals surface area contributed by atoms with Crippen LogP contribution in [-0.2, 0) is 4.74 Å². The lowest BCUT2D eigenvalue weighted by atomic mass is 9.64. The van der Waals surface area contributed by atoms with Crippen LogP contribution in [0.15, 0.2) is 0 Å². The van der Waals surface area contributed by atoms with Gasteiger partial charge in [-0.05, 0) is 20.3 Å². The van der Waals surface area contributed by atoms with Crippen LogP contribution in [0.2, 0.25) is 0 Å². The van der Waals surface area contributed by atoms with Gasteiger partial charge in [0.1, 0.15) is 0 Å². The number of ether oxygens (including phenoxy) is 1. The summed E-state index contributed by atoms with van der Waals surface area (Å²) in [4.78, 5) is 0. The monoisotopic (exact) mass is 195 g/mol. The van der Waals surface area contributed by atoms with Gasteiger partial charge in [0.25, 0.3) is 0 Å². The first-order valence-corrected chi connectivity index (χ1v) is 5.37. The summed E-state index contributed by atoms with van der Waals surface area (Å²) in [7, 11) is 0. The largest absolute Gasteiger partial charge is 0.378 e. The Morgan fingerprint density at radius 2 is 2.21 bits per heavy atom. The Kier molecular flexibility index (Phi) is 3.97. The van der Waals surface area contributed by atoms with E-state index < -0.39 is 0 Å². The van der Waals surface area contributed by atoms with E-state index in [9.17, 15) is 0 Å². The Bertz CT molecular complexity index is 236. The summed E-state index contributed by atoms with van der Waals surface area (Å²) in [6.07, 6.45) is 1.53. The molecule has 0 amide bonds. The molecular weight excluding hydrogens is 174 g/mol. The molecule has 2 atom stereocenters. The Balaban J connectivity index is 2.33. The number of hydrogen-bond acceptors (Lipinski definition) is 2. The van der Waals surface area contributed by atoms with Gasteiger partial charge < -0.3 is 10.1 Å². The highest BCUT2D eigenvalue weighted by molar-refractivity contribution is 5.05. The Hall–Kier alpha value is -0.520. The highest BCUT2D eigenvalue weighted by Crippen LogP contribution is 2.42. The van der Waals surface area contributed by atoms with E-state index in [1.165, 1.54) is 0 Å². The van der Waals surface area contributed by atoms with Gasteiger partial charge in [-0.2, -0.15) is 0 Å². The number of nitrogens with one attached hydrogen (secondary N) is 1. The molecule has 80 valence electrons. The van der Waals surface area contributed by atoms with Crippen LogP contribution >= 0.6 is 0 Å². The van der Waals surface area contributed by atoms with Gasteiger partial charge in [0, 0.05) is 18.1 Å². The Labute approximate surface area is 87.4 Å². The van der Waals surface area contributed by atoms with Gasteiger partial charge in [-0.3, -0.25) is 0 Å². The van der Waals surface area contributed by atoms with Crippen LogP contribution in [-0.4, -0.2) is 25.3 Å². The molecule has 1 N–H and O–H groups in total. The molecule has 0 spiro atoms. The van der Waals surface area contributed by atoms with Crippen molar-refractivity contribution in [2.24, 2.45) is 5.41 Å². The molecule has 2 nitrogen and oxygen atoms in total. The van der Waals surface area contributed by atoms with Crippen molar-refractivity contribution < 1.29 is 4.74 Å². The van der Waals surface area contributed by atoms with Crippen molar-refractivity contribution in [3.05, 3.63) is 0 Å². The predicted octanol–water partition coefficient (Wildman–Crippen LogP) is 1.80. The second kappa shape index (κ2) is 4.82. The molecule has 0 aromatic carbocycles. The normalized spacial score (nSPS) is 28.9. The summed E-state index contributed by atoms with van der Waals surface area (Å²) in [6, 6.07) is 0.555. The van der Waals surface area contributed by atoms with Gasteiger partial charge >= 0.3 is 0 Å². The molecule has 2 unspecified atom stereocenters. The molecule has 0 aliphatic heterocycles. The molecule has 0 radical (unpaired) electrons. The number of hydrogen-bond donors (Lipinski definition) is 1. The fourth-order valence-corrected chi connectivity index (χ4v) is 1.98. The summed E-state index contributed by atoms with van der Waals surface area (Å²) >= 11 is 0. The van der Waals surface area contributed by atoms with E-state index in [4.69, 9.17) is 4.74 Å². The fourth-order valence-electron chi connectivity index (χ4n) is 1.98. The van der Waals surface area contributed by atoms with Crippen molar-refractivity contribution in [1.29, 1.82) is 0 Å². The van der Waals surface area contributed by atoms with Crippen molar-refractivity contribution in [2.45, 2.75) is 46.3 Å². The van der Waals surface area contributed by atoms with Crippen molar-refractivity contribution in [2.75, 3.05) is 13.2 Å². The maximum absolute atomic E-state index is 5.65. The summed E-state index contributed by atoms with van der Waals surface area (Å²) in [5.41, 5.74) is 0.255. The first-order chi connectivity index (χ1) is 6.62. The van der Waals surface area contributed by atoms with Crippen LogP contribution in [0, 0.1) is 17.3 Å². The Morgan fingerprint density at radius 1 is 1.50 bits per heavy atom. The SMILES string of the molecule is CC#CCNC1CC(OCC)C1(C)C. The van der Waals surface area contributed by atoms with Crippen molar-refractivity contribution >= 4 is 0 Å². The Morgan fingerprint density at radius 3 is 2.71 bits per heavy atom. The van der Waals surface area contributed by atoms with E-state index in [-0.39, 0.29) is 5.41 Å². The lowest BCUT2D eigenvalue weighted by Crippen LogP contribution is -2.60. The van der Waals surface area contributed by atoms with E-state index >= 15 is 0 Å². The van der Waals surface area contributed by atoms with Crippen molar-refractivity contribution in [3.63, 3.8) is 0 Å². The molecule has 14 heavy (non-hydrogen) atoms. The van der Waals surface area contributed by atoms with Crippen LogP contribution in [0.3, 0.4) is 0 Å². The van der Waals surface area contributed by atoms with Crippen LogP contribution in [0.5, 0.6) is 0 Å². The molecule has 1 fully saturated rings. The van der Waals surface area contributed by atoms with Gasteiger partial charge in [-0.1, -0.05) is 19.8 Å². The summed E-state index contributed by atoms with van der Waals surface area (Å²) < 4.78 is 5.65. The minimum absolute atomic E-state index is 0.255. The smallest absolute Gasteiger partial charge is 0.0655 e. The lowest BCUT2D eigenvalue weighted by Gasteiger charge is -2.51. The minimum atomic E-state index is 0.255. The maximum atomic E-state index is 5.65. The van der Waals surface area contributed by atoms with Crippen molar-refractivity contribution in [1.82, 2.24) is 5.32 Å². The van der Waals surface area contributed by atoms with Crippen LogP contribution < -0.4 is 5.32 Å². The fraction of sp³-hybridized carbons (Fsp3) is 0.833. The number of rotatable bonds is 4. The van der Waals surface area contributed by atoms with E-state index in [1.807, 2.05) is 6.92 Å². The topological polar surface area (TPSA) is 21.3 Å². The van der Waals surface area contributed by atoms with E-state index in [0.717, 1.165) is 19.6 Å². The molecule has 0 aromatic heterocycles. The zero-order valence-corrected chi connectivity index (χ0v) is 9.68. The molecule has 1 saturated carbocycles. The third-order valence-electron chi connectivity index (χ3n) is 3.16. The zero-order chi connectivity index (χ0) is 10.6. The molecule has 1 aliphatic rings. The lowest BCUT2D eigenvalue weighted by molar-refractivity contribution is -0.113. The highest BCUT2D eigenvalue weighted by atomic mass is 16.5. The first-order valence-electron chi connectivity index (χ1n) is 5.37. The van der Waals surface area contributed by atoms with Gasteiger partial charge in [-0.25, -0.2) is 0 Å². The van der Waals surface area contributed by atoms with Crippen molar-refractivity contribution in [3.8, 4) is 11.8 Å². The highest BCUT2D eigenvalue weighted by Gasteiger charge is 2.48. The van der Waals surface area contributed by atoms with E-state index in [2.05, 4.69) is 37.9 Å². The van der Waals surface area contributed by atoms with E-state index in [0.29, 0.717) is 12.1 Å². The zero-order valence-electron chi connectivity index (χ0n) is 9.68. The molecule has 1 aliphatic carbocycles. The van der Waals surface area contributed by atoms with E-state index in [1.54, 1.807) is 0 Å². The van der Waals surface area contributed by atoms with Crippen LogP contribution in [0.1, 0.15) is 34.1 Å². The quantitative estimate of drug-likeness (QED) is 0.691. The van der Waals surface area contributed by atoms with Gasteiger partial charge in [0.15, 0.2) is 0 Å². The molecule has 2 heteroatoms. The summed E-state index contributed by atoms with van der Waals surface area (Å²) in [6.45, 7) is 10.1. The summed E-state index contributed by atoms with van der Waals surface area (Å²) in [5, 5.41) is 3.45. The summed E-state index contributed by atoms with van der Waals surface area (Å²) in [5.74, 6) is 5.92. The van der Waals surface area contributed by atoms with Crippen LogP contribution in [0.25, 0.3) is 0 Å². The maximum Gasteiger partial charge on any atom is 0.0655 e. The van der Waals surface area contributed by atoms with Gasteiger partial charge in [0.2, 0.25) is 0 Å². The molecular formula is C12H21NO. The predicted molar refractivity (Wildman–Crippen MR) is 59.1 cm³/mol. The molecule has 1 rings (SSSR count). The molecule has 0 saturated heterocycles. The molecule has 0 aromatic rings. The van der Waals surface area contributed by atoms with Crippen LogP contribution in [0.4, 0.5) is 0 Å². The third-order valence-corrected chi connectivity index (χ3v) is 3.16. The average molecular weight is 195 g/mol. The molecule has 0 heterocycles. The first kappa shape index (κ1) is 11.6. The second-order valence-corrected chi connectivity index (χ2v) is 4.36. The van der Waals surface area contributed by atoms with Gasteiger partial charge in [0.05, 0.1) is 12.6 Å². The molecule has 0 bridgehead atoms. The average Bonchev–Trinajstić information content (AvgIpc) is 2.15. The van der Waals surface area contributed by atoms with Gasteiger partial charge in [-0.15, -0.1) is 5.92 Å². The minimum Gasteiger partial charge on any atom is -0.378 e. The third kappa shape index (κ3) is 2.29.